The summed E-state index contributed by atoms with van der Waals surface area (Å²) >= 11 is 0. The number of nitrogens with zero attached hydrogens (tertiary/aromatic N) is 2. The van der Waals surface area contributed by atoms with Crippen molar-refractivity contribution in [3.8, 4) is 22.8 Å². The monoisotopic (exact) mass is 503 g/mol. The molecule has 0 amide bonds. The van der Waals surface area contributed by atoms with E-state index in [1.165, 1.54) is 54.3 Å². The number of methoxy groups -OCH3 is 2. The van der Waals surface area contributed by atoms with Crippen LogP contribution < -0.4 is 9.47 Å². The summed E-state index contributed by atoms with van der Waals surface area (Å²) in [6.07, 6.45) is 5.01. The lowest BCUT2D eigenvalue weighted by Crippen LogP contribution is -2.59. The maximum Gasteiger partial charge on any atom is 0.161 e. The summed E-state index contributed by atoms with van der Waals surface area (Å²) in [6, 6.07) is 15.1. The van der Waals surface area contributed by atoms with Crippen molar-refractivity contribution in [1.29, 1.82) is 0 Å². The van der Waals surface area contributed by atoms with E-state index in [9.17, 15) is 0 Å². The van der Waals surface area contributed by atoms with Crippen molar-refractivity contribution in [2.24, 2.45) is 0 Å². The van der Waals surface area contributed by atoms with Crippen LogP contribution in [0.3, 0.4) is 0 Å². The molecule has 2 saturated heterocycles. The molecule has 2 aromatic carbocycles. The maximum atomic E-state index is 5.55. The van der Waals surface area contributed by atoms with Crippen LogP contribution in [0.5, 0.6) is 11.5 Å². The summed E-state index contributed by atoms with van der Waals surface area (Å²) in [4.78, 5) is 9.07. The molecule has 0 spiro atoms. The molecule has 4 unspecified atom stereocenters. The number of H-pyrrole nitrogens is 1. The summed E-state index contributed by atoms with van der Waals surface area (Å²) in [7, 11) is 5.66. The highest BCUT2D eigenvalue weighted by Crippen LogP contribution is 2.40. The molecule has 4 atom stereocenters. The molecule has 5 heteroatoms. The molecule has 1 N–H and O–H groups in total. The van der Waals surface area contributed by atoms with E-state index >= 15 is 0 Å². The number of aryl methyl sites for hydroxylation is 1. The average molecular weight is 504 g/mol. The van der Waals surface area contributed by atoms with E-state index < -0.39 is 0 Å². The van der Waals surface area contributed by atoms with Crippen molar-refractivity contribution in [3.05, 3.63) is 47.5 Å². The van der Waals surface area contributed by atoms with E-state index in [1.54, 1.807) is 14.2 Å². The molecule has 0 aliphatic carbocycles. The third-order valence-electron chi connectivity index (χ3n) is 9.59. The Bertz CT molecular complexity index is 1260. The zero-order valence-corrected chi connectivity index (χ0v) is 24.0. The topological polar surface area (TPSA) is 40.7 Å². The molecular formula is C32H45N3O2. The lowest BCUT2D eigenvalue weighted by molar-refractivity contribution is -0.0219. The van der Waals surface area contributed by atoms with Crippen LogP contribution in [0, 0.1) is 6.92 Å². The van der Waals surface area contributed by atoms with E-state index in [0.29, 0.717) is 24.0 Å². The van der Waals surface area contributed by atoms with Crippen LogP contribution in [0.1, 0.15) is 70.4 Å². The van der Waals surface area contributed by atoms with Crippen LogP contribution in [-0.4, -0.2) is 66.3 Å². The Hall–Kier alpha value is -2.50. The van der Waals surface area contributed by atoms with Gasteiger partial charge in [-0.2, -0.15) is 0 Å². The second kappa shape index (κ2) is 9.99. The quantitative estimate of drug-likeness (QED) is 0.407. The summed E-state index contributed by atoms with van der Waals surface area (Å²) < 4.78 is 11.0. The fourth-order valence-corrected chi connectivity index (χ4v) is 7.12. The maximum absolute atomic E-state index is 5.55. The fourth-order valence-electron chi connectivity index (χ4n) is 7.12. The molecule has 2 aliphatic rings. The first kappa shape index (κ1) is 26.1. The van der Waals surface area contributed by atoms with Crippen LogP contribution in [-0.2, 0) is 0 Å². The highest BCUT2D eigenvalue weighted by Gasteiger charge is 2.41. The van der Waals surface area contributed by atoms with Gasteiger partial charge in [0.2, 0.25) is 0 Å². The summed E-state index contributed by atoms with van der Waals surface area (Å²) in [5, 5.41) is 1.32. The Morgan fingerprint density at radius 1 is 0.946 bits per heavy atom. The fraction of sp³-hybridized carbons (Fsp3) is 0.562. The number of ether oxygens (including phenoxy) is 2. The first-order valence-electron chi connectivity index (χ1n) is 14.0. The molecular weight excluding hydrogens is 458 g/mol. The van der Waals surface area contributed by atoms with Gasteiger partial charge in [-0.1, -0.05) is 6.07 Å². The van der Waals surface area contributed by atoms with E-state index in [1.807, 2.05) is 6.07 Å². The average Bonchev–Trinajstić information content (AvgIpc) is 3.22. The van der Waals surface area contributed by atoms with Gasteiger partial charge in [0.15, 0.2) is 11.5 Å². The molecule has 2 aliphatic heterocycles. The predicted octanol–water partition coefficient (Wildman–Crippen LogP) is 6.99. The second-order valence-corrected chi connectivity index (χ2v) is 12.2. The number of hydrogen-bond donors (Lipinski definition) is 1. The SMILES string of the molecule is COc1ccc(-c2[nH]c3ccc(C4CCN(C5CC(C)N(C)C(C)(C)C5)C(C)C4)cc3c2C)cc1OC. The molecule has 5 rings (SSSR count). The molecule has 37 heavy (non-hydrogen) atoms. The molecule has 2 fully saturated rings. The minimum absolute atomic E-state index is 0.265. The molecule has 3 aromatic rings. The number of aromatic nitrogens is 1. The van der Waals surface area contributed by atoms with Crippen LogP contribution in [0.25, 0.3) is 22.2 Å². The lowest BCUT2D eigenvalue weighted by Gasteiger charge is -2.53. The van der Waals surface area contributed by atoms with Gasteiger partial charge in [-0.25, -0.2) is 0 Å². The van der Waals surface area contributed by atoms with Crippen LogP contribution in [0.15, 0.2) is 36.4 Å². The smallest absolute Gasteiger partial charge is 0.161 e. The number of hydrogen-bond acceptors (Lipinski definition) is 4. The second-order valence-electron chi connectivity index (χ2n) is 12.2. The van der Waals surface area contributed by atoms with Crippen molar-refractivity contribution in [2.45, 2.75) is 89.9 Å². The Balaban J connectivity index is 1.35. The predicted molar refractivity (Wildman–Crippen MR) is 154 cm³/mol. The van der Waals surface area contributed by atoms with Gasteiger partial charge in [0.05, 0.1) is 14.2 Å². The van der Waals surface area contributed by atoms with Crippen molar-refractivity contribution >= 4 is 10.9 Å². The van der Waals surface area contributed by atoms with Gasteiger partial charge in [-0.3, -0.25) is 9.80 Å². The van der Waals surface area contributed by atoms with Gasteiger partial charge < -0.3 is 14.5 Å². The van der Waals surface area contributed by atoms with Crippen molar-refractivity contribution < 1.29 is 9.47 Å². The molecule has 1 aromatic heterocycles. The number of aromatic amines is 1. The number of benzene rings is 2. The molecule has 200 valence electrons. The Morgan fingerprint density at radius 3 is 2.38 bits per heavy atom. The van der Waals surface area contributed by atoms with Gasteiger partial charge in [-0.15, -0.1) is 0 Å². The molecule has 0 bridgehead atoms. The van der Waals surface area contributed by atoms with Gasteiger partial charge in [0.1, 0.15) is 0 Å². The zero-order chi connectivity index (χ0) is 26.5. The number of likely N-dealkylation sites (tertiary alicyclic amines) is 2. The normalized spacial score (nSPS) is 26.9. The molecule has 0 saturated carbocycles. The van der Waals surface area contributed by atoms with Crippen LogP contribution in [0.4, 0.5) is 0 Å². The van der Waals surface area contributed by atoms with E-state index in [4.69, 9.17) is 9.47 Å². The minimum Gasteiger partial charge on any atom is -0.493 e. The number of fused-ring (bicyclic) bond motifs is 1. The molecule has 3 heterocycles. The third kappa shape index (κ3) is 4.77. The highest BCUT2D eigenvalue weighted by molar-refractivity contribution is 5.91. The summed E-state index contributed by atoms with van der Waals surface area (Å²) in [6.45, 7) is 13.1. The standard InChI is InChI=1S/C32H45N3O2/c1-20-16-26(19-32(4,5)34(20)6)35-14-13-24(15-21(35)2)23-9-11-28-27(17-23)22(3)31(33-28)25-10-12-29(36-7)30(18-25)37-8/h9-12,17-18,20-21,24,26,33H,13-16,19H2,1-8H3. The van der Waals surface area contributed by atoms with Crippen LogP contribution in [0.2, 0.25) is 0 Å². The van der Waals surface area contributed by atoms with Gasteiger partial charge in [-0.05, 0) is 121 Å². The van der Waals surface area contributed by atoms with Gasteiger partial charge >= 0.3 is 0 Å². The van der Waals surface area contributed by atoms with Crippen molar-refractivity contribution in [1.82, 2.24) is 14.8 Å². The number of nitrogens with one attached hydrogen (secondary N) is 1. The minimum atomic E-state index is 0.265. The first-order chi connectivity index (χ1) is 17.6. The molecule has 5 nitrogen and oxygen atoms in total. The van der Waals surface area contributed by atoms with E-state index in [-0.39, 0.29) is 5.54 Å². The summed E-state index contributed by atoms with van der Waals surface area (Å²) in [5.74, 6) is 2.12. The number of piperidine rings is 2. The Morgan fingerprint density at radius 2 is 1.70 bits per heavy atom. The Kier molecular flexibility index (Phi) is 7.06. The third-order valence-corrected chi connectivity index (χ3v) is 9.59. The number of rotatable bonds is 5. The van der Waals surface area contributed by atoms with Crippen molar-refractivity contribution in [3.63, 3.8) is 0 Å². The van der Waals surface area contributed by atoms with E-state index in [0.717, 1.165) is 22.8 Å². The first-order valence-corrected chi connectivity index (χ1v) is 14.0. The Labute approximate surface area is 223 Å². The zero-order valence-electron chi connectivity index (χ0n) is 24.0. The van der Waals surface area contributed by atoms with E-state index in [2.05, 4.69) is 86.8 Å². The highest BCUT2D eigenvalue weighted by atomic mass is 16.5. The lowest BCUT2D eigenvalue weighted by atomic mass is 9.79. The largest absolute Gasteiger partial charge is 0.493 e. The van der Waals surface area contributed by atoms with Gasteiger partial charge in [0.25, 0.3) is 0 Å². The van der Waals surface area contributed by atoms with Gasteiger partial charge in [0, 0.05) is 45.8 Å². The van der Waals surface area contributed by atoms with Crippen molar-refractivity contribution in [2.75, 3.05) is 27.8 Å². The summed E-state index contributed by atoms with van der Waals surface area (Å²) in [5.41, 5.74) is 6.50. The van der Waals surface area contributed by atoms with Crippen LogP contribution >= 0.6 is 0 Å². The molecule has 0 radical (unpaired) electrons.